The van der Waals surface area contributed by atoms with Crippen LogP contribution < -0.4 is 0 Å². The zero-order valence-electron chi connectivity index (χ0n) is 10.7. The second-order valence-electron chi connectivity index (χ2n) is 4.71. The van der Waals surface area contributed by atoms with Crippen LogP contribution in [-0.4, -0.2) is 11.7 Å². The van der Waals surface area contributed by atoms with Crippen LogP contribution in [0.25, 0.3) is 11.1 Å². The van der Waals surface area contributed by atoms with Crippen molar-refractivity contribution in [2.75, 3.05) is 6.61 Å². The van der Waals surface area contributed by atoms with E-state index < -0.39 is 0 Å². The zero-order valence-corrected chi connectivity index (χ0v) is 10.7. The van der Waals surface area contributed by atoms with Gasteiger partial charge in [-0.25, -0.2) is 0 Å². The van der Waals surface area contributed by atoms with Crippen LogP contribution in [0.4, 0.5) is 0 Å². The summed E-state index contributed by atoms with van der Waals surface area (Å²) in [6.07, 6.45) is 4.21. The lowest BCUT2D eigenvalue weighted by Crippen LogP contribution is -2.03. The standard InChI is InChI=1S/C18H16O/c19-13-16-11-12-17(14-7-3-1-4-8-14)18(16)15-9-5-2-6-10-15/h1-12,16,19H,13H2. The third-order valence-electron chi connectivity index (χ3n) is 3.52. The van der Waals surface area contributed by atoms with Gasteiger partial charge in [-0.3, -0.25) is 0 Å². The summed E-state index contributed by atoms with van der Waals surface area (Å²) in [5.74, 6) is 0.0950. The molecule has 2 aromatic carbocycles. The Morgan fingerprint density at radius 3 is 1.95 bits per heavy atom. The number of aliphatic hydroxyl groups is 1. The van der Waals surface area contributed by atoms with Crippen molar-refractivity contribution < 1.29 is 5.11 Å². The molecule has 1 nitrogen and oxygen atoms in total. The quantitative estimate of drug-likeness (QED) is 0.876. The molecular weight excluding hydrogens is 232 g/mol. The van der Waals surface area contributed by atoms with Crippen molar-refractivity contribution in [2.24, 2.45) is 5.92 Å². The monoisotopic (exact) mass is 248 g/mol. The average Bonchev–Trinajstić information content (AvgIpc) is 2.93. The lowest BCUT2D eigenvalue weighted by atomic mass is 9.91. The van der Waals surface area contributed by atoms with Gasteiger partial charge in [0.1, 0.15) is 0 Å². The Hall–Kier alpha value is -2.12. The summed E-state index contributed by atoms with van der Waals surface area (Å²) < 4.78 is 0. The second-order valence-corrected chi connectivity index (χ2v) is 4.71. The fourth-order valence-corrected chi connectivity index (χ4v) is 2.61. The molecule has 0 saturated carbocycles. The Labute approximate surface area is 113 Å². The van der Waals surface area contributed by atoms with Crippen LogP contribution >= 0.6 is 0 Å². The summed E-state index contributed by atoms with van der Waals surface area (Å²) in [7, 11) is 0. The molecule has 1 N–H and O–H groups in total. The van der Waals surface area contributed by atoms with E-state index in [4.69, 9.17) is 0 Å². The molecule has 94 valence electrons. The summed E-state index contributed by atoms with van der Waals surface area (Å²) in [4.78, 5) is 0. The predicted octanol–water partition coefficient (Wildman–Crippen LogP) is 3.78. The van der Waals surface area contributed by atoms with Crippen LogP contribution in [-0.2, 0) is 0 Å². The fourth-order valence-electron chi connectivity index (χ4n) is 2.61. The van der Waals surface area contributed by atoms with Crippen molar-refractivity contribution in [1.29, 1.82) is 0 Å². The van der Waals surface area contributed by atoms with Gasteiger partial charge in [-0.15, -0.1) is 0 Å². The van der Waals surface area contributed by atoms with Gasteiger partial charge < -0.3 is 5.11 Å². The third-order valence-corrected chi connectivity index (χ3v) is 3.52. The van der Waals surface area contributed by atoms with E-state index in [1.165, 1.54) is 22.3 Å². The molecule has 0 radical (unpaired) electrons. The summed E-state index contributed by atoms with van der Waals surface area (Å²) in [6, 6.07) is 20.6. The molecule has 19 heavy (non-hydrogen) atoms. The van der Waals surface area contributed by atoms with Crippen molar-refractivity contribution in [2.45, 2.75) is 0 Å². The molecule has 0 heterocycles. The number of rotatable bonds is 3. The number of aliphatic hydroxyl groups excluding tert-OH is 1. The molecule has 2 aromatic rings. The third kappa shape index (κ3) is 2.25. The maximum atomic E-state index is 9.58. The first kappa shape index (κ1) is 11.9. The largest absolute Gasteiger partial charge is 0.395 e. The average molecular weight is 248 g/mol. The molecule has 3 rings (SSSR count). The van der Waals surface area contributed by atoms with Crippen LogP contribution in [0.5, 0.6) is 0 Å². The summed E-state index contributed by atoms with van der Waals surface area (Å²) in [6.45, 7) is 0.150. The van der Waals surface area contributed by atoms with Gasteiger partial charge in [-0.2, -0.15) is 0 Å². The highest BCUT2D eigenvalue weighted by Crippen LogP contribution is 2.38. The minimum atomic E-state index is 0.0950. The van der Waals surface area contributed by atoms with Crippen molar-refractivity contribution >= 4 is 11.1 Å². The minimum absolute atomic E-state index is 0.0950. The summed E-state index contributed by atoms with van der Waals surface area (Å²) in [5.41, 5.74) is 4.82. The number of hydrogen-bond donors (Lipinski definition) is 1. The van der Waals surface area contributed by atoms with E-state index in [0.717, 1.165) is 0 Å². The normalized spacial score (nSPS) is 18.1. The highest BCUT2D eigenvalue weighted by Gasteiger charge is 2.21. The van der Waals surface area contributed by atoms with Gasteiger partial charge in [0.05, 0.1) is 6.61 Å². The maximum absolute atomic E-state index is 9.58. The molecule has 1 unspecified atom stereocenters. The van der Waals surface area contributed by atoms with Crippen LogP contribution in [0.15, 0.2) is 72.8 Å². The molecule has 0 spiro atoms. The molecule has 0 amide bonds. The lowest BCUT2D eigenvalue weighted by Gasteiger charge is -2.14. The van der Waals surface area contributed by atoms with Crippen LogP contribution in [0.2, 0.25) is 0 Å². The molecule has 0 fully saturated rings. The number of benzene rings is 2. The van der Waals surface area contributed by atoms with E-state index in [-0.39, 0.29) is 12.5 Å². The van der Waals surface area contributed by atoms with Gasteiger partial charge in [0.25, 0.3) is 0 Å². The second kappa shape index (κ2) is 5.25. The lowest BCUT2D eigenvalue weighted by molar-refractivity contribution is 0.278. The first-order chi connectivity index (χ1) is 9.40. The molecule has 1 aliphatic rings. The molecule has 1 atom stereocenters. The predicted molar refractivity (Wildman–Crippen MR) is 79.4 cm³/mol. The van der Waals surface area contributed by atoms with Crippen LogP contribution in [0.1, 0.15) is 11.1 Å². The number of allylic oxidation sites excluding steroid dienone is 2. The topological polar surface area (TPSA) is 20.2 Å². The molecule has 1 aliphatic carbocycles. The fraction of sp³-hybridized carbons (Fsp3) is 0.111. The van der Waals surface area contributed by atoms with E-state index in [1.807, 2.05) is 36.4 Å². The Morgan fingerprint density at radius 2 is 1.37 bits per heavy atom. The Bertz CT molecular complexity index is 609. The van der Waals surface area contributed by atoms with Gasteiger partial charge in [0, 0.05) is 5.92 Å². The SMILES string of the molecule is OCC1C=CC(c2ccccc2)=C1c1ccccc1. The van der Waals surface area contributed by atoms with Gasteiger partial charge in [-0.05, 0) is 22.3 Å². The van der Waals surface area contributed by atoms with Gasteiger partial charge in [-0.1, -0.05) is 72.8 Å². The molecular formula is C18H16O. The minimum Gasteiger partial charge on any atom is -0.395 e. The molecule has 0 aliphatic heterocycles. The maximum Gasteiger partial charge on any atom is 0.0535 e. The van der Waals surface area contributed by atoms with Crippen molar-refractivity contribution in [3.05, 3.63) is 83.9 Å². The Kier molecular flexibility index (Phi) is 3.30. The number of hydrogen-bond acceptors (Lipinski definition) is 1. The van der Waals surface area contributed by atoms with Gasteiger partial charge >= 0.3 is 0 Å². The highest BCUT2D eigenvalue weighted by molar-refractivity contribution is 5.99. The van der Waals surface area contributed by atoms with E-state index >= 15 is 0 Å². The summed E-state index contributed by atoms with van der Waals surface area (Å²) >= 11 is 0. The van der Waals surface area contributed by atoms with Crippen molar-refractivity contribution in [3.63, 3.8) is 0 Å². The van der Waals surface area contributed by atoms with Gasteiger partial charge in [0.15, 0.2) is 0 Å². The first-order valence-corrected chi connectivity index (χ1v) is 6.54. The van der Waals surface area contributed by atoms with Crippen LogP contribution in [0, 0.1) is 5.92 Å². The molecule has 0 aromatic heterocycles. The van der Waals surface area contributed by atoms with E-state index in [0.29, 0.717) is 0 Å². The molecule has 1 heteroatoms. The molecule has 0 saturated heterocycles. The van der Waals surface area contributed by atoms with Gasteiger partial charge in [0.2, 0.25) is 0 Å². The van der Waals surface area contributed by atoms with E-state index in [9.17, 15) is 5.11 Å². The molecule has 0 bridgehead atoms. The van der Waals surface area contributed by atoms with Crippen molar-refractivity contribution in [3.8, 4) is 0 Å². The Morgan fingerprint density at radius 1 is 0.789 bits per heavy atom. The van der Waals surface area contributed by atoms with Crippen molar-refractivity contribution in [1.82, 2.24) is 0 Å². The van der Waals surface area contributed by atoms with Crippen LogP contribution in [0.3, 0.4) is 0 Å². The Balaban J connectivity index is 2.14. The van der Waals surface area contributed by atoms with E-state index in [1.54, 1.807) is 0 Å². The summed E-state index contributed by atoms with van der Waals surface area (Å²) in [5, 5.41) is 9.58. The highest BCUT2D eigenvalue weighted by atomic mass is 16.3. The first-order valence-electron chi connectivity index (χ1n) is 6.54. The smallest absolute Gasteiger partial charge is 0.0535 e. The van der Waals surface area contributed by atoms with E-state index in [2.05, 4.69) is 36.4 Å². The zero-order chi connectivity index (χ0) is 13.1.